The predicted molar refractivity (Wildman–Crippen MR) is 103 cm³/mol. The Hall–Kier alpha value is -3.20. The molecule has 150 valence electrons. The van der Waals surface area contributed by atoms with Crippen LogP contribution in [-0.2, 0) is 20.9 Å². The average molecular weight is 416 g/mol. The molecule has 0 aliphatic carbocycles. The zero-order valence-corrected chi connectivity index (χ0v) is 16.3. The molecule has 0 bridgehead atoms. The van der Waals surface area contributed by atoms with Gasteiger partial charge in [0.25, 0.3) is 5.91 Å². The first-order valence-corrected chi connectivity index (χ1v) is 9.78. The van der Waals surface area contributed by atoms with Crippen molar-refractivity contribution in [3.05, 3.63) is 53.1 Å². The Kier molecular flexibility index (Phi) is 5.30. The molecule has 9 heteroatoms. The van der Waals surface area contributed by atoms with Crippen LogP contribution in [0.25, 0.3) is 10.2 Å². The molecular weight excluding hydrogens is 399 g/mol. The third-order valence-electron chi connectivity index (χ3n) is 4.23. The van der Waals surface area contributed by atoms with Crippen molar-refractivity contribution in [3.8, 4) is 11.5 Å². The van der Waals surface area contributed by atoms with Crippen LogP contribution < -0.4 is 14.3 Å². The molecule has 1 amide bonds. The first-order chi connectivity index (χ1) is 14.0. The Morgan fingerprint density at radius 2 is 2.07 bits per heavy atom. The van der Waals surface area contributed by atoms with Crippen LogP contribution in [0.2, 0.25) is 0 Å². The Balaban J connectivity index is 1.69. The molecule has 0 unspecified atom stereocenters. The summed E-state index contributed by atoms with van der Waals surface area (Å²) in [5.74, 6) is -0.419. The maximum Gasteiger partial charge on any atom is 0.326 e. The number of carbonyl (C=O) groups is 2. The first kappa shape index (κ1) is 19.1. The quantitative estimate of drug-likeness (QED) is 0.611. The standard InChI is InChI=1S/C20H17FN2O5S/c1-2-26-18(24)10-23-13-8-7-12(21)9-17(13)29-20(23)22-19(25)16-11-27-14-5-3-4-6-15(14)28-16/h3-9,16H,2,10-11H2,1H3/t16-/m1/s1. The van der Waals surface area contributed by atoms with Gasteiger partial charge in [0.1, 0.15) is 19.0 Å². The summed E-state index contributed by atoms with van der Waals surface area (Å²) in [6.07, 6.45) is -0.914. The minimum absolute atomic E-state index is 0.0245. The van der Waals surface area contributed by atoms with Gasteiger partial charge >= 0.3 is 5.97 Å². The zero-order valence-electron chi connectivity index (χ0n) is 15.5. The molecule has 0 fully saturated rings. The maximum atomic E-state index is 13.6. The lowest BCUT2D eigenvalue weighted by Crippen LogP contribution is -2.37. The molecule has 4 rings (SSSR count). The van der Waals surface area contributed by atoms with Gasteiger partial charge in [-0.25, -0.2) is 4.39 Å². The zero-order chi connectivity index (χ0) is 20.4. The number of ether oxygens (including phenoxy) is 3. The van der Waals surface area contributed by atoms with Crippen LogP contribution in [-0.4, -0.2) is 35.8 Å². The van der Waals surface area contributed by atoms with Gasteiger partial charge in [-0.05, 0) is 37.3 Å². The van der Waals surface area contributed by atoms with E-state index in [0.717, 1.165) is 11.3 Å². The first-order valence-electron chi connectivity index (χ1n) is 8.96. The molecule has 7 nitrogen and oxygen atoms in total. The lowest BCUT2D eigenvalue weighted by molar-refractivity contribution is -0.143. The number of amides is 1. The molecular formula is C20H17FN2O5S. The number of carbonyl (C=O) groups excluding carboxylic acids is 2. The van der Waals surface area contributed by atoms with Crippen LogP contribution >= 0.6 is 11.3 Å². The fourth-order valence-electron chi connectivity index (χ4n) is 2.93. The highest BCUT2D eigenvalue weighted by Gasteiger charge is 2.27. The number of para-hydroxylation sites is 2. The molecule has 2 heterocycles. The van der Waals surface area contributed by atoms with E-state index in [1.807, 2.05) is 6.07 Å². The topological polar surface area (TPSA) is 79.1 Å². The molecule has 0 saturated heterocycles. The molecule has 3 aromatic rings. The Morgan fingerprint density at radius 1 is 1.28 bits per heavy atom. The van der Waals surface area contributed by atoms with Gasteiger partial charge in [-0.3, -0.25) is 9.59 Å². The average Bonchev–Trinajstić information content (AvgIpc) is 3.03. The molecule has 0 saturated carbocycles. The van der Waals surface area contributed by atoms with Crippen molar-refractivity contribution in [2.24, 2.45) is 4.99 Å². The van der Waals surface area contributed by atoms with Crippen molar-refractivity contribution < 1.29 is 28.2 Å². The van der Waals surface area contributed by atoms with E-state index in [1.54, 1.807) is 31.2 Å². The second kappa shape index (κ2) is 8.04. The van der Waals surface area contributed by atoms with E-state index in [0.29, 0.717) is 21.7 Å². The normalized spacial score (nSPS) is 16.1. The minimum Gasteiger partial charge on any atom is -0.485 e. The number of fused-ring (bicyclic) bond motifs is 2. The largest absolute Gasteiger partial charge is 0.485 e. The van der Waals surface area contributed by atoms with Crippen molar-refractivity contribution in [3.63, 3.8) is 0 Å². The summed E-state index contributed by atoms with van der Waals surface area (Å²) in [5.41, 5.74) is 0.585. The van der Waals surface area contributed by atoms with E-state index < -0.39 is 23.8 Å². The van der Waals surface area contributed by atoms with Gasteiger partial charge in [-0.15, -0.1) is 0 Å². The Bertz CT molecular complexity index is 1150. The number of nitrogens with zero attached hydrogens (tertiary/aromatic N) is 2. The van der Waals surface area contributed by atoms with Crippen molar-refractivity contribution in [2.75, 3.05) is 13.2 Å². The Morgan fingerprint density at radius 3 is 2.86 bits per heavy atom. The molecule has 29 heavy (non-hydrogen) atoms. The van der Waals surface area contributed by atoms with E-state index in [4.69, 9.17) is 14.2 Å². The number of thiazole rings is 1. The second-order valence-corrected chi connectivity index (χ2v) is 7.21. The summed E-state index contributed by atoms with van der Waals surface area (Å²) in [7, 11) is 0. The molecule has 1 aliphatic rings. The van der Waals surface area contributed by atoms with Crippen molar-refractivity contribution >= 4 is 33.4 Å². The number of hydrogen-bond donors (Lipinski definition) is 0. The van der Waals surface area contributed by atoms with Gasteiger partial charge in [-0.1, -0.05) is 23.5 Å². The fourth-order valence-corrected chi connectivity index (χ4v) is 3.99. The van der Waals surface area contributed by atoms with Crippen LogP contribution in [0.15, 0.2) is 47.5 Å². The number of benzene rings is 2. The molecule has 0 spiro atoms. The number of esters is 1. The van der Waals surface area contributed by atoms with Gasteiger partial charge in [0, 0.05) is 0 Å². The van der Waals surface area contributed by atoms with Crippen LogP contribution in [0, 0.1) is 5.82 Å². The highest BCUT2D eigenvalue weighted by molar-refractivity contribution is 7.16. The number of aromatic nitrogens is 1. The lowest BCUT2D eigenvalue weighted by atomic mass is 10.2. The second-order valence-electron chi connectivity index (χ2n) is 6.20. The van der Waals surface area contributed by atoms with E-state index in [9.17, 15) is 14.0 Å². The third kappa shape index (κ3) is 4.00. The summed E-state index contributed by atoms with van der Waals surface area (Å²) in [6, 6.07) is 11.2. The van der Waals surface area contributed by atoms with Crippen molar-refractivity contribution in [2.45, 2.75) is 19.6 Å². The predicted octanol–water partition coefficient (Wildman–Crippen LogP) is 2.67. The highest BCUT2D eigenvalue weighted by Crippen LogP contribution is 2.31. The molecule has 1 aromatic heterocycles. The third-order valence-corrected chi connectivity index (χ3v) is 5.27. The van der Waals surface area contributed by atoms with Crippen LogP contribution in [0.3, 0.4) is 0 Å². The van der Waals surface area contributed by atoms with Crippen molar-refractivity contribution in [1.29, 1.82) is 0 Å². The fraction of sp³-hybridized carbons (Fsp3) is 0.250. The summed E-state index contributed by atoms with van der Waals surface area (Å²) >= 11 is 1.11. The Labute approximate surface area is 169 Å². The van der Waals surface area contributed by atoms with Crippen LogP contribution in [0.5, 0.6) is 11.5 Å². The summed E-state index contributed by atoms with van der Waals surface area (Å²) < 4.78 is 32.0. The molecule has 0 radical (unpaired) electrons. The summed E-state index contributed by atoms with van der Waals surface area (Å²) in [4.78, 5) is 29.1. The van der Waals surface area contributed by atoms with Gasteiger partial charge in [0.15, 0.2) is 16.3 Å². The minimum atomic E-state index is -0.914. The van der Waals surface area contributed by atoms with E-state index >= 15 is 0 Å². The van der Waals surface area contributed by atoms with Gasteiger partial charge < -0.3 is 18.8 Å². The number of halogens is 1. The smallest absolute Gasteiger partial charge is 0.326 e. The van der Waals surface area contributed by atoms with Crippen LogP contribution in [0.1, 0.15) is 6.92 Å². The van der Waals surface area contributed by atoms with Crippen LogP contribution in [0.4, 0.5) is 4.39 Å². The monoisotopic (exact) mass is 416 g/mol. The molecule has 0 N–H and O–H groups in total. The van der Waals surface area contributed by atoms with Gasteiger partial charge in [0.05, 0.1) is 16.8 Å². The maximum absolute atomic E-state index is 13.6. The molecule has 1 aliphatic heterocycles. The highest BCUT2D eigenvalue weighted by atomic mass is 32.1. The van der Waals surface area contributed by atoms with E-state index in [2.05, 4.69) is 4.99 Å². The molecule has 2 aromatic carbocycles. The van der Waals surface area contributed by atoms with E-state index in [1.165, 1.54) is 16.7 Å². The van der Waals surface area contributed by atoms with Gasteiger partial charge in [-0.2, -0.15) is 4.99 Å². The lowest BCUT2D eigenvalue weighted by Gasteiger charge is -2.23. The number of hydrogen-bond acceptors (Lipinski definition) is 6. The van der Waals surface area contributed by atoms with Gasteiger partial charge in [0.2, 0.25) is 6.10 Å². The van der Waals surface area contributed by atoms with Crippen molar-refractivity contribution in [1.82, 2.24) is 4.57 Å². The summed E-state index contributed by atoms with van der Waals surface area (Å²) in [5, 5.41) is 0. The SMILES string of the molecule is CCOC(=O)Cn1c(=NC(=O)[C@H]2COc3ccccc3O2)sc2cc(F)ccc21. The number of rotatable bonds is 4. The van der Waals surface area contributed by atoms with E-state index in [-0.39, 0.29) is 24.6 Å². The molecule has 1 atom stereocenters. The summed E-state index contributed by atoms with van der Waals surface area (Å²) in [6.45, 7) is 1.82.